The number of carboxylic acids is 1. The maximum atomic E-state index is 10.8. The smallest absolute Gasteiger partial charge is 0.328 e. The second-order valence-electron chi connectivity index (χ2n) is 4.86. The zero-order valence-electron chi connectivity index (χ0n) is 12.8. The van der Waals surface area contributed by atoms with Gasteiger partial charge < -0.3 is 5.11 Å². The SMILES string of the molecule is CCc1cc(CC)n(-c2c(/C=C/C(=O)O)c(C)nn2C)n1. The van der Waals surface area contributed by atoms with E-state index in [9.17, 15) is 4.79 Å². The molecule has 0 fully saturated rings. The number of nitrogens with zero attached hydrogens (tertiary/aromatic N) is 4. The standard InChI is InChI=1S/C15H20N4O2/c1-5-11-9-12(6-2)19(17-11)15-13(7-8-14(20)21)10(3)16-18(15)4/h7-9H,5-6H2,1-4H3,(H,20,21)/b8-7+. The highest BCUT2D eigenvalue weighted by atomic mass is 16.4. The topological polar surface area (TPSA) is 72.9 Å². The Labute approximate surface area is 123 Å². The Bertz CT molecular complexity index is 695. The summed E-state index contributed by atoms with van der Waals surface area (Å²) in [6, 6.07) is 2.08. The van der Waals surface area contributed by atoms with Crippen molar-refractivity contribution in [2.75, 3.05) is 0 Å². The molecule has 6 heteroatoms. The number of carboxylic acid groups (broad SMARTS) is 1. The van der Waals surface area contributed by atoms with Crippen molar-refractivity contribution in [1.29, 1.82) is 0 Å². The van der Waals surface area contributed by atoms with Gasteiger partial charge in [-0.05, 0) is 31.9 Å². The molecule has 0 saturated heterocycles. The van der Waals surface area contributed by atoms with E-state index in [0.29, 0.717) is 0 Å². The molecule has 0 bridgehead atoms. The second-order valence-corrected chi connectivity index (χ2v) is 4.86. The Kier molecular flexibility index (Phi) is 4.26. The number of carbonyl (C=O) groups is 1. The molecule has 0 aromatic carbocycles. The molecule has 0 aliphatic carbocycles. The Morgan fingerprint density at radius 3 is 2.62 bits per heavy atom. The summed E-state index contributed by atoms with van der Waals surface area (Å²) in [4.78, 5) is 10.8. The molecule has 2 aromatic rings. The highest BCUT2D eigenvalue weighted by Crippen LogP contribution is 2.22. The first-order valence-electron chi connectivity index (χ1n) is 7.00. The van der Waals surface area contributed by atoms with Crippen molar-refractivity contribution >= 4 is 12.0 Å². The van der Waals surface area contributed by atoms with Crippen LogP contribution in [0, 0.1) is 6.92 Å². The number of aliphatic carboxylic acids is 1. The summed E-state index contributed by atoms with van der Waals surface area (Å²) < 4.78 is 3.60. The molecular weight excluding hydrogens is 268 g/mol. The lowest BCUT2D eigenvalue weighted by molar-refractivity contribution is -0.131. The average molecular weight is 288 g/mol. The number of hydrogen-bond donors (Lipinski definition) is 1. The van der Waals surface area contributed by atoms with Crippen molar-refractivity contribution < 1.29 is 9.90 Å². The minimum atomic E-state index is -0.977. The fraction of sp³-hybridized carbons (Fsp3) is 0.400. The summed E-state index contributed by atoms with van der Waals surface area (Å²) in [5.74, 6) is -0.184. The summed E-state index contributed by atoms with van der Waals surface area (Å²) in [5, 5.41) is 17.8. The van der Waals surface area contributed by atoms with E-state index in [0.717, 1.165) is 47.4 Å². The highest BCUT2D eigenvalue weighted by Gasteiger charge is 2.17. The van der Waals surface area contributed by atoms with Crippen LogP contribution in [0.2, 0.25) is 0 Å². The third-order valence-corrected chi connectivity index (χ3v) is 3.39. The number of hydrogen-bond acceptors (Lipinski definition) is 3. The van der Waals surface area contributed by atoms with Gasteiger partial charge in [0, 0.05) is 24.4 Å². The summed E-state index contributed by atoms with van der Waals surface area (Å²) >= 11 is 0. The Morgan fingerprint density at radius 2 is 2.05 bits per heavy atom. The average Bonchev–Trinajstić information content (AvgIpc) is 2.96. The van der Waals surface area contributed by atoms with Crippen LogP contribution in [0.5, 0.6) is 0 Å². The summed E-state index contributed by atoms with van der Waals surface area (Å²) in [5.41, 5.74) is 3.65. The molecule has 0 spiro atoms. The van der Waals surface area contributed by atoms with Gasteiger partial charge in [0.2, 0.25) is 0 Å². The van der Waals surface area contributed by atoms with E-state index in [1.54, 1.807) is 10.8 Å². The lowest BCUT2D eigenvalue weighted by atomic mass is 10.2. The molecular formula is C15H20N4O2. The highest BCUT2D eigenvalue weighted by molar-refractivity contribution is 5.86. The van der Waals surface area contributed by atoms with Crippen LogP contribution in [0.1, 0.15) is 36.5 Å². The fourth-order valence-electron chi connectivity index (χ4n) is 2.35. The third kappa shape index (κ3) is 2.89. The first-order valence-corrected chi connectivity index (χ1v) is 7.00. The summed E-state index contributed by atoms with van der Waals surface area (Å²) in [6.07, 6.45) is 4.41. The van der Waals surface area contributed by atoms with Gasteiger partial charge in [0.25, 0.3) is 0 Å². The van der Waals surface area contributed by atoms with Gasteiger partial charge in [0.05, 0.1) is 11.4 Å². The van der Waals surface area contributed by atoms with Crippen LogP contribution in [-0.2, 0) is 24.7 Å². The molecule has 0 radical (unpaired) electrons. The van der Waals surface area contributed by atoms with Crippen LogP contribution in [0.25, 0.3) is 11.9 Å². The number of aryl methyl sites for hydroxylation is 4. The molecule has 6 nitrogen and oxygen atoms in total. The van der Waals surface area contributed by atoms with Gasteiger partial charge >= 0.3 is 5.97 Å². The van der Waals surface area contributed by atoms with Crippen LogP contribution in [0.3, 0.4) is 0 Å². The quantitative estimate of drug-likeness (QED) is 0.855. The molecule has 2 rings (SSSR count). The lowest BCUT2D eigenvalue weighted by Crippen LogP contribution is -2.09. The normalized spacial score (nSPS) is 11.4. The van der Waals surface area contributed by atoms with Crippen LogP contribution >= 0.6 is 0 Å². The molecule has 0 unspecified atom stereocenters. The summed E-state index contributed by atoms with van der Waals surface area (Å²) in [6.45, 7) is 6.00. The zero-order valence-corrected chi connectivity index (χ0v) is 12.8. The van der Waals surface area contributed by atoms with Gasteiger partial charge in [0.15, 0.2) is 5.82 Å². The zero-order chi connectivity index (χ0) is 15.6. The van der Waals surface area contributed by atoms with Crippen molar-refractivity contribution in [3.8, 4) is 5.82 Å². The van der Waals surface area contributed by atoms with E-state index >= 15 is 0 Å². The molecule has 0 aliphatic heterocycles. The van der Waals surface area contributed by atoms with Crippen LogP contribution in [-0.4, -0.2) is 30.6 Å². The minimum absolute atomic E-state index is 0.778. The molecule has 2 heterocycles. The first kappa shape index (κ1) is 15.0. The number of aromatic nitrogens is 4. The monoisotopic (exact) mass is 288 g/mol. The largest absolute Gasteiger partial charge is 0.478 e. The Balaban J connectivity index is 2.63. The van der Waals surface area contributed by atoms with Crippen molar-refractivity contribution in [1.82, 2.24) is 19.6 Å². The molecule has 21 heavy (non-hydrogen) atoms. The van der Waals surface area contributed by atoms with Gasteiger partial charge in [-0.25, -0.2) is 9.48 Å². The van der Waals surface area contributed by atoms with Gasteiger partial charge in [-0.1, -0.05) is 13.8 Å². The first-order chi connectivity index (χ1) is 9.97. The molecule has 112 valence electrons. The van der Waals surface area contributed by atoms with E-state index in [-0.39, 0.29) is 0 Å². The van der Waals surface area contributed by atoms with Gasteiger partial charge in [-0.15, -0.1) is 0 Å². The maximum absolute atomic E-state index is 10.8. The molecule has 0 saturated carbocycles. The fourth-order valence-corrected chi connectivity index (χ4v) is 2.35. The molecule has 0 atom stereocenters. The second kappa shape index (κ2) is 5.95. The Morgan fingerprint density at radius 1 is 1.33 bits per heavy atom. The lowest BCUT2D eigenvalue weighted by Gasteiger charge is -2.07. The van der Waals surface area contributed by atoms with E-state index in [1.165, 1.54) is 0 Å². The predicted octanol–water partition coefficient (Wildman–Crippen LogP) is 2.14. The van der Waals surface area contributed by atoms with E-state index in [4.69, 9.17) is 5.11 Å². The van der Waals surface area contributed by atoms with Gasteiger partial charge in [0.1, 0.15) is 0 Å². The molecule has 1 N–H and O–H groups in total. The van der Waals surface area contributed by atoms with Crippen molar-refractivity contribution in [2.45, 2.75) is 33.6 Å². The van der Waals surface area contributed by atoms with Crippen LogP contribution in [0.4, 0.5) is 0 Å². The molecule has 0 aliphatic rings. The van der Waals surface area contributed by atoms with Crippen molar-refractivity contribution in [3.05, 3.63) is 34.8 Å². The molecule has 2 aromatic heterocycles. The number of rotatable bonds is 5. The molecule has 0 amide bonds. The Hall–Kier alpha value is -2.37. The van der Waals surface area contributed by atoms with E-state index in [2.05, 4.69) is 30.1 Å². The van der Waals surface area contributed by atoms with Crippen LogP contribution in [0.15, 0.2) is 12.1 Å². The third-order valence-electron chi connectivity index (χ3n) is 3.39. The van der Waals surface area contributed by atoms with Crippen molar-refractivity contribution in [2.24, 2.45) is 7.05 Å². The van der Waals surface area contributed by atoms with E-state index in [1.807, 2.05) is 18.7 Å². The van der Waals surface area contributed by atoms with Gasteiger partial charge in [-0.3, -0.25) is 4.68 Å². The minimum Gasteiger partial charge on any atom is -0.478 e. The van der Waals surface area contributed by atoms with Crippen molar-refractivity contribution in [3.63, 3.8) is 0 Å². The van der Waals surface area contributed by atoms with E-state index < -0.39 is 5.97 Å². The maximum Gasteiger partial charge on any atom is 0.328 e. The summed E-state index contributed by atoms with van der Waals surface area (Å²) in [7, 11) is 1.84. The van der Waals surface area contributed by atoms with Crippen LogP contribution < -0.4 is 0 Å². The van der Waals surface area contributed by atoms with Gasteiger partial charge in [-0.2, -0.15) is 10.2 Å². The predicted molar refractivity (Wildman–Crippen MR) is 80.5 cm³/mol.